The number of hydrogen-bond acceptors (Lipinski definition) is 3. The fourth-order valence-corrected chi connectivity index (χ4v) is 4.99. The highest BCUT2D eigenvalue weighted by atomic mass is 79.9. The summed E-state index contributed by atoms with van der Waals surface area (Å²) in [7, 11) is 1.81. The minimum absolute atomic E-state index is 0.00206. The van der Waals surface area contributed by atoms with Gasteiger partial charge >= 0.3 is 0 Å². The molecule has 0 amide bonds. The third-order valence-corrected chi connectivity index (χ3v) is 7.70. The lowest BCUT2D eigenvalue weighted by atomic mass is 9.66. The van der Waals surface area contributed by atoms with E-state index in [4.69, 9.17) is 9.13 Å². The van der Waals surface area contributed by atoms with Crippen molar-refractivity contribution < 1.29 is 9.29 Å². The smallest absolute Gasteiger partial charge is 0.144 e. The fourth-order valence-electron chi connectivity index (χ4n) is 3.90. The number of rotatable bonds is 2. The van der Waals surface area contributed by atoms with E-state index in [2.05, 4.69) is 41.1 Å². The maximum absolute atomic E-state index is 12.8. The Morgan fingerprint density at radius 3 is 2.40 bits per heavy atom. The van der Waals surface area contributed by atoms with Crippen LogP contribution in [0.25, 0.3) is 0 Å². The zero-order chi connectivity index (χ0) is 18.5. The van der Waals surface area contributed by atoms with E-state index in [-0.39, 0.29) is 15.8 Å². The first-order valence-corrected chi connectivity index (χ1v) is 10.8. The summed E-state index contributed by atoms with van der Waals surface area (Å²) in [6.45, 7) is 8.15. The van der Waals surface area contributed by atoms with Crippen molar-refractivity contribution >= 4 is 33.0 Å². The van der Waals surface area contributed by atoms with E-state index in [1.165, 1.54) is 11.1 Å². The van der Waals surface area contributed by atoms with Crippen molar-refractivity contribution in [3.63, 3.8) is 0 Å². The Morgan fingerprint density at radius 1 is 1.20 bits per heavy atom. The lowest BCUT2D eigenvalue weighted by molar-refractivity contribution is -0.0407. The van der Waals surface area contributed by atoms with Crippen LogP contribution in [0, 0.1) is 5.41 Å². The molecule has 1 fully saturated rings. The number of ether oxygens (including phenoxy) is 1. The minimum atomic E-state index is -1.25. The number of methoxy groups -OCH3 is 1. The fraction of sp³-hybridized carbons (Fsp3) is 0.650. The van der Waals surface area contributed by atoms with Crippen molar-refractivity contribution in [1.29, 1.82) is 0 Å². The van der Waals surface area contributed by atoms with Crippen LogP contribution in [0.15, 0.2) is 27.1 Å². The highest BCUT2D eigenvalue weighted by molar-refractivity contribution is 9.10. The Labute approximate surface area is 163 Å². The number of benzene rings is 1. The molecule has 1 atom stereocenters. The van der Waals surface area contributed by atoms with Gasteiger partial charge in [0.25, 0.3) is 0 Å². The van der Waals surface area contributed by atoms with Crippen molar-refractivity contribution in [2.45, 2.75) is 70.1 Å². The zero-order valence-electron chi connectivity index (χ0n) is 15.8. The molecule has 1 aromatic carbocycles. The van der Waals surface area contributed by atoms with Gasteiger partial charge in [-0.2, -0.15) is 0 Å². The predicted molar refractivity (Wildman–Crippen MR) is 109 cm³/mol. The Kier molecular flexibility index (Phi) is 5.17. The third kappa shape index (κ3) is 3.71. The molecule has 1 spiro atoms. The number of halogens is 1. The van der Waals surface area contributed by atoms with Crippen LogP contribution in [-0.4, -0.2) is 27.7 Å². The van der Waals surface area contributed by atoms with Gasteiger partial charge in [0, 0.05) is 22.6 Å². The summed E-state index contributed by atoms with van der Waals surface area (Å²) in [6.07, 6.45) is 5.09. The molecule has 0 N–H and O–H groups in total. The molecule has 0 aliphatic heterocycles. The summed E-state index contributed by atoms with van der Waals surface area (Å²) < 4.78 is 24.1. The van der Waals surface area contributed by atoms with Crippen LogP contribution in [0.2, 0.25) is 0 Å². The van der Waals surface area contributed by atoms with Crippen LogP contribution >= 0.6 is 15.9 Å². The average molecular weight is 426 g/mol. The molecule has 0 saturated heterocycles. The van der Waals surface area contributed by atoms with Gasteiger partial charge in [0.1, 0.15) is 21.8 Å². The predicted octanol–water partition coefficient (Wildman–Crippen LogP) is 5.22. The Hall–Kier alpha value is -0.360. The quantitative estimate of drug-likeness (QED) is 0.609. The van der Waals surface area contributed by atoms with Crippen molar-refractivity contribution in [3.05, 3.63) is 33.8 Å². The molecule has 5 heteroatoms. The van der Waals surface area contributed by atoms with E-state index in [0.717, 1.165) is 42.3 Å². The van der Waals surface area contributed by atoms with Gasteiger partial charge in [0.15, 0.2) is 0 Å². The van der Waals surface area contributed by atoms with E-state index >= 15 is 0 Å². The Balaban J connectivity index is 2.03. The SMILES string of the molecule is CO[C@]1(C)CC[C@]2(CC1)Cc1ccc(Br)cc1C2=N[S+]([O-])C(C)(C)C. The second-order valence-corrected chi connectivity index (χ2v) is 11.5. The second-order valence-electron chi connectivity index (χ2n) is 8.71. The van der Waals surface area contributed by atoms with Gasteiger partial charge < -0.3 is 9.29 Å². The van der Waals surface area contributed by atoms with Gasteiger partial charge in [-0.15, -0.1) is 0 Å². The molecule has 3 nitrogen and oxygen atoms in total. The van der Waals surface area contributed by atoms with Crippen LogP contribution in [-0.2, 0) is 22.5 Å². The van der Waals surface area contributed by atoms with Crippen LogP contribution < -0.4 is 0 Å². The van der Waals surface area contributed by atoms with Crippen molar-refractivity contribution in [1.82, 2.24) is 0 Å². The molecule has 0 heterocycles. The monoisotopic (exact) mass is 425 g/mol. The summed E-state index contributed by atoms with van der Waals surface area (Å²) >= 11 is 2.34. The first kappa shape index (κ1) is 19.4. The molecule has 0 aromatic heterocycles. The minimum Gasteiger partial charge on any atom is -0.591 e. The van der Waals surface area contributed by atoms with E-state index in [9.17, 15) is 4.55 Å². The van der Waals surface area contributed by atoms with Gasteiger partial charge in [0.05, 0.1) is 5.60 Å². The normalized spacial score (nSPS) is 32.2. The number of fused-ring (bicyclic) bond motifs is 1. The van der Waals surface area contributed by atoms with Crippen LogP contribution in [0.1, 0.15) is 64.5 Å². The largest absolute Gasteiger partial charge is 0.591 e. The lowest BCUT2D eigenvalue weighted by Gasteiger charge is -2.42. The van der Waals surface area contributed by atoms with Gasteiger partial charge in [0.2, 0.25) is 0 Å². The molecule has 1 unspecified atom stereocenters. The van der Waals surface area contributed by atoms with E-state index in [1.807, 2.05) is 27.9 Å². The summed E-state index contributed by atoms with van der Waals surface area (Å²) in [5.74, 6) is 0. The first-order chi connectivity index (χ1) is 11.6. The highest BCUT2D eigenvalue weighted by Gasteiger charge is 2.50. The molecule has 25 heavy (non-hydrogen) atoms. The van der Waals surface area contributed by atoms with E-state index in [0.29, 0.717) is 0 Å². The highest BCUT2D eigenvalue weighted by Crippen LogP contribution is 2.51. The standard InChI is InChI=1S/C20H28BrNO2S/c1-18(2,3)25(23)22-17-16-12-15(21)7-6-14(16)13-20(17)10-8-19(4,24-5)9-11-20/h6-7,12H,8-11,13H2,1-5H3/t19-,20+,25?. The molecular formula is C20H28BrNO2S. The first-order valence-electron chi connectivity index (χ1n) is 8.94. The molecule has 2 aliphatic carbocycles. The lowest BCUT2D eigenvalue weighted by Crippen LogP contribution is -2.42. The van der Waals surface area contributed by atoms with Gasteiger partial charge in [-0.1, -0.05) is 26.4 Å². The zero-order valence-corrected chi connectivity index (χ0v) is 18.2. The summed E-state index contributed by atoms with van der Waals surface area (Å²) in [6, 6.07) is 6.43. The summed E-state index contributed by atoms with van der Waals surface area (Å²) in [5, 5.41) is 0. The van der Waals surface area contributed by atoms with Crippen molar-refractivity contribution in [2.24, 2.45) is 9.81 Å². The van der Waals surface area contributed by atoms with Crippen LogP contribution in [0.3, 0.4) is 0 Å². The molecule has 1 aromatic rings. The summed E-state index contributed by atoms with van der Waals surface area (Å²) in [5.41, 5.74) is 3.51. The Morgan fingerprint density at radius 2 is 1.84 bits per heavy atom. The van der Waals surface area contributed by atoms with Gasteiger partial charge in [-0.25, -0.2) is 0 Å². The van der Waals surface area contributed by atoms with Gasteiger partial charge in [-0.05, 0) is 77.5 Å². The van der Waals surface area contributed by atoms with Crippen LogP contribution in [0.4, 0.5) is 0 Å². The third-order valence-electron chi connectivity index (χ3n) is 5.81. The molecule has 138 valence electrons. The molecule has 2 aliphatic rings. The van der Waals surface area contributed by atoms with Crippen molar-refractivity contribution in [3.8, 4) is 0 Å². The Bertz CT molecular complexity index is 687. The van der Waals surface area contributed by atoms with Crippen LogP contribution in [0.5, 0.6) is 0 Å². The average Bonchev–Trinajstić information content (AvgIpc) is 2.83. The topological polar surface area (TPSA) is 44.6 Å². The van der Waals surface area contributed by atoms with Crippen molar-refractivity contribution in [2.75, 3.05) is 7.11 Å². The number of nitrogens with zero attached hydrogens (tertiary/aromatic N) is 1. The van der Waals surface area contributed by atoms with E-state index in [1.54, 1.807) is 0 Å². The van der Waals surface area contributed by atoms with E-state index < -0.39 is 11.4 Å². The maximum Gasteiger partial charge on any atom is 0.144 e. The molecular weight excluding hydrogens is 398 g/mol. The molecule has 1 saturated carbocycles. The summed E-state index contributed by atoms with van der Waals surface area (Å²) in [4.78, 5) is 0. The number of hydrogen-bond donors (Lipinski definition) is 0. The maximum atomic E-state index is 12.8. The molecule has 3 rings (SSSR count). The molecule has 0 bridgehead atoms. The second kappa shape index (κ2) is 6.66. The molecule has 0 radical (unpaired) electrons. The van der Waals surface area contributed by atoms with Gasteiger partial charge in [-0.3, -0.25) is 0 Å².